The lowest BCUT2D eigenvalue weighted by Gasteiger charge is -1.96. The fourth-order valence-electron chi connectivity index (χ4n) is 1.51. The summed E-state index contributed by atoms with van der Waals surface area (Å²) in [5.41, 5.74) is 3.47. The van der Waals surface area contributed by atoms with Crippen LogP contribution in [0.25, 0.3) is 5.57 Å². The molecule has 0 heterocycles. The van der Waals surface area contributed by atoms with Crippen molar-refractivity contribution in [3.05, 3.63) is 41.2 Å². The molecule has 1 nitrogen and oxygen atoms in total. The van der Waals surface area contributed by atoms with Crippen LogP contribution in [0.1, 0.15) is 18.1 Å². The Morgan fingerprint density at radius 3 is 2.73 bits per heavy atom. The van der Waals surface area contributed by atoms with E-state index in [4.69, 9.17) is 0 Å². The highest BCUT2D eigenvalue weighted by atomic mass is 16.3. The van der Waals surface area contributed by atoms with Gasteiger partial charge in [-0.05, 0) is 23.6 Å². The Balaban J connectivity index is 2.60. The molecule has 1 heteroatoms. The van der Waals surface area contributed by atoms with Crippen LogP contribution in [0.5, 0.6) is 0 Å². The molecule has 2 rings (SSSR count). The Morgan fingerprint density at radius 1 is 1.27 bits per heavy atom. The van der Waals surface area contributed by atoms with Crippen molar-refractivity contribution in [3.63, 3.8) is 0 Å². The third-order valence-corrected chi connectivity index (χ3v) is 2.21. The van der Waals surface area contributed by atoms with E-state index in [0.29, 0.717) is 12.2 Å². The van der Waals surface area contributed by atoms with E-state index >= 15 is 0 Å². The van der Waals surface area contributed by atoms with Crippen LogP contribution in [0, 0.1) is 0 Å². The van der Waals surface area contributed by atoms with Gasteiger partial charge in [0.2, 0.25) is 0 Å². The van der Waals surface area contributed by atoms with Crippen LogP contribution in [-0.2, 0) is 6.42 Å². The van der Waals surface area contributed by atoms with Gasteiger partial charge in [-0.15, -0.1) is 0 Å². The van der Waals surface area contributed by atoms with Crippen LogP contribution < -0.4 is 0 Å². The monoisotopic (exact) mass is 146 g/mol. The largest absolute Gasteiger partial charge is 0.512 e. The molecule has 11 heavy (non-hydrogen) atoms. The maximum absolute atomic E-state index is 9.40. The summed E-state index contributed by atoms with van der Waals surface area (Å²) in [5.74, 6) is 0.520. The average Bonchev–Trinajstić information content (AvgIpc) is 2.30. The van der Waals surface area contributed by atoms with Gasteiger partial charge < -0.3 is 5.11 Å². The lowest BCUT2D eigenvalue weighted by atomic mass is 10.1. The first-order valence-corrected chi connectivity index (χ1v) is 3.76. The Bertz CT molecular complexity index is 323. The molecule has 0 bridgehead atoms. The molecule has 0 saturated carbocycles. The Hall–Kier alpha value is -1.24. The number of allylic oxidation sites excluding steroid dienone is 2. The van der Waals surface area contributed by atoms with Gasteiger partial charge in [-0.1, -0.05) is 24.3 Å². The Morgan fingerprint density at radius 2 is 2.00 bits per heavy atom. The summed E-state index contributed by atoms with van der Waals surface area (Å²) >= 11 is 0. The van der Waals surface area contributed by atoms with Crippen molar-refractivity contribution < 1.29 is 5.11 Å². The summed E-state index contributed by atoms with van der Waals surface area (Å²) in [6, 6.07) is 8.11. The first-order chi connectivity index (χ1) is 5.29. The van der Waals surface area contributed by atoms with Gasteiger partial charge in [-0.2, -0.15) is 0 Å². The lowest BCUT2D eigenvalue weighted by molar-refractivity contribution is 0.405. The highest BCUT2D eigenvalue weighted by Gasteiger charge is 2.15. The maximum Gasteiger partial charge on any atom is 0.100 e. The van der Waals surface area contributed by atoms with Gasteiger partial charge in [0.25, 0.3) is 0 Å². The third-order valence-electron chi connectivity index (χ3n) is 2.21. The second-order valence-electron chi connectivity index (χ2n) is 2.91. The molecular weight excluding hydrogens is 136 g/mol. The Kier molecular flexibility index (Phi) is 1.25. The maximum atomic E-state index is 9.40. The summed E-state index contributed by atoms with van der Waals surface area (Å²) in [6.07, 6.45) is 0.710. The van der Waals surface area contributed by atoms with E-state index in [-0.39, 0.29) is 0 Å². The number of aliphatic hydroxyl groups is 1. The van der Waals surface area contributed by atoms with E-state index in [0.717, 1.165) is 5.57 Å². The highest BCUT2D eigenvalue weighted by Crippen LogP contribution is 2.30. The van der Waals surface area contributed by atoms with E-state index in [9.17, 15) is 5.11 Å². The van der Waals surface area contributed by atoms with Gasteiger partial charge in [0.1, 0.15) is 5.76 Å². The Labute approximate surface area is 66.0 Å². The number of benzene rings is 1. The fraction of sp³-hybridized carbons (Fsp3) is 0.200. The van der Waals surface area contributed by atoms with E-state index in [1.54, 1.807) is 0 Å². The average molecular weight is 146 g/mol. The molecule has 0 aromatic heterocycles. The van der Waals surface area contributed by atoms with Crippen LogP contribution in [0.3, 0.4) is 0 Å². The number of rotatable bonds is 0. The number of aliphatic hydroxyl groups excluding tert-OH is 1. The van der Waals surface area contributed by atoms with Crippen molar-refractivity contribution in [2.45, 2.75) is 13.3 Å². The predicted octanol–water partition coefficient (Wildman–Crippen LogP) is 2.53. The second kappa shape index (κ2) is 2.12. The molecule has 1 aromatic rings. The molecule has 0 atom stereocenters. The summed E-state index contributed by atoms with van der Waals surface area (Å²) < 4.78 is 0. The number of hydrogen-bond acceptors (Lipinski definition) is 1. The standard InChI is InChI=1S/C10H10O/c1-7-9-5-3-2-4-8(9)6-10(7)11/h2-5,11H,6H2,1H3. The molecule has 1 aliphatic rings. The van der Waals surface area contributed by atoms with Crippen molar-refractivity contribution in [2.75, 3.05) is 0 Å². The third kappa shape index (κ3) is 0.845. The minimum absolute atomic E-state index is 0.520. The zero-order valence-corrected chi connectivity index (χ0v) is 6.46. The molecule has 1 N–H and O–H groups in total. The molecular formula is C10H10O. The smallest absolute Gasteiger partial charge is 0.100 e. The zero-order chi connectivity index (χ0) is 7.84. The summed E-state index contributed by atoms with van der Waals surface area (Å²) in [4.78, 5) is 0. The summed E-state index contributed by atoms with van der Waals surface area (Å²) in [5, 5.41) is 9.40. The first-order valence-electron chi connectivity index (χ1n) is 3.76. The van der Waals surface area contributed by atoms with E-state index in [2.05, 4.69) is 6.07 Å². The second-order valence-corrected chi connectivity index (χ2v) is 2.91. The fourth-order valence-corrected chi connectivity index (χ4v) is 1.51. The van der Waals surface area contributed by atoms with Crippen molar-refractivity contribution in [3.8, 4) is 0 Å². The minimum Gasteiger partial charge on any atom is -0.512 e. The summed E-state index contributed by atoms with van der Waals surface area (Å²) in [6.45, 7) is 1.96. The van der Waals surface area contributed by atoms with Crippen LogP contribution in [0.2, 0.25) is 0 Å². The molecule has 0 radical (unpaired) electrons. The molecule has 0 spiro atoms. The van der Waals surface area contributed by atoms with Gasteiger partial charge in [0.15, 0.2) is 0 Å². The van der Waals surface area contributed by atoms with E-state index in [1.165, 1.54) is 11.1 Å². The van der Waals surface area contributed by atoms with E-state index in [1.807, 2.05) is 25.1 Å². The van der Waals surface area contributed by atoms with E-state index < -0.39 is 0 Å². The topological polar surface area (TPSA) is 20.2 Å². The SMILES string of the molecule is CC1=C(O)Cc2ccccc21. The van der Waals surface area contributed by atoms with Gasteiger partial charge in [-0.3, -0.25) is 0 Å². The van der Waals surface area contributed by atoms with Gasteiger partial charge in [0, 0.05) is 6.42 Å². The number of fused-ring (bicyclic) bond motifs is 1. The molecule has 0 amide bonds. The highest BCUT2D eigenvalue weighted by molar-refractivity contribution is 5.73. The van der Waals surface area contributed by atoms with Crippen LogP contribution in [0.4, 0.5) is 0 Å². The molecule has 0 aliphatic heterocycles. The molecule has 0 unspecified atom stereocenters. The van der Waals surface area contributed by atoms with Crippen molar-refractivity contribution >= 4 is 5.57 Å². The molecule has 0 fully saturated rings. The molecule has 1 aromatic carbocycles. The summed E-state index contributed by atoms with van der Waals surface area (Å²) in [7, 11) is 0. The van der Waals surface area contributed by atoms with Gasteiger partial charge >= 0.3 is 0 Å². The first kappa shape index (κ1) is 6.47. The zero-order valence-electron chi connectivity index (χ0n) is 6.46. The van der Waals surface area contributed by atoms with Crippen molar-refractivity contribution in [1.29, 1.82) is 0 Å². The minimum atomic E-state index is 0.520. The van der Waals surface area contributed by atoms with Crippen LogP contribution in [-0.4, -0.2) is 5.11 Å². The van der Waals surface area contributed by atoms with Crippen molar-refractivity contribution in [1.82, 2.24) is 0 Å². The lowest BCUT2D eigenvalue weighted by Crippen LogP contribution is -1.81. The van der Waals surface area contributed by atoms with Gasteiger partial charge in [-0.25, -0.2) is 0 Å². The van der Waals surface area contributed by atoms with Crippen LogP contribution >= 0.6 is 0 Å². The van der Waals surface area contributed by atoms with Crippen LogP contribution in [0.15, 0.2) is 30.0 Å². The predicted molar refractivity (Wildman–Crippen MR) is 45.4 cm³/mol. The van der Waals surface area contributed by atoms with Gasteiger partial charge in [0.05, 0.1) is 0 Å². The normalized spacial score (nSPS) is 15.4. The molecule has 0 saturated heterocycles. The molecule has 1 aliphatic carbocycles. The quantitative estimate of drug-likeness (QED) is 0.596. The molecule has 56 valence electrons. The number of hydrogen-bond donors (Lipinski definition) is 1. The van der Waals surface area contributed by atoms with Crippen molar-refractivity contribution in [2.24, 2.45) is 0 Å².